The Morgan fingerprint density at radius 3 is 2.95 bits per heavy atom. The Kier molecular flexibility index (Phi) is 4.94. The number of benzene rings is 1. The van der Waals surface area contributed by atoms with E-state index >= 15 is 0 Å². The summed E-state index contributed by atoms with van der Waals surface area (Å²) in [4.78, 5) is 0. The topological polar surface area (TPSA) is 30.5 Å². The number of nitrogens with one attached hydrogen (secondary N) is 1. The van der Waals surface area contributed by atoms with Gasteiger partial charge in [-0.15, -0.1) is 0 Å². The summed E-state index contributed by atoms with van der Waals surface area (Å²) in [6.07, 6.45) is 0.317. The van der Waals surface area contributed by atoms with E-state index < -0.39 is 11.5 Å². The van der Waals surface area contributed by atoms with Gasteiger partial charge in [0.15, 0.2) is 11.6 Å². The third kappa shape index (κ3) is 3.90. The van der Waals surface area contributed by atoms with Crippen molar-refractivity contribution < 1.29 is 18.3 Å². The summed E-state index contributed by atoms with van der Waals surface area (Å²) >= 11 is 0. The van der Waals surface area contributed by atoms with Crippen molar-refractivity contribution in [3.8, 4) is 5.75 Å². The molecular weight excluding hydrogens is 264 g/mol. The third-order valence-corrected chi connectivity index (χ3v) is 3.49. The molecule has 1 fully saturated rings. The zero-order valence-corrected chi connectivity index (χ0v) is 11.9. The van der Waals surface area contributed by atoms with Crippen molar-refractivity contribution in [3.05, 3.63) is 29.6 Å². The van der Waals surface area contributed by atoms with E-state index in [0.717, 1.165) is 6.54 Å². The molecule has 20 heavy (non-hydrogen) atoms. The highest BCUT2D eigenvalue weighted by Gasteiger charge is 2.30. The highest BCUT2D eigenvalue weighted by atomic mass is 19.1. The van der Waals surface area contributed by atoms with Gasteiger partial charge in [-0.1, -0.05) is 12.1 Å². The molecule has 2 rings (SSSR count). The summed E-state index contributed by atoms with van der Waals surface area (Å²) in [6, 6.07) is 4.79. The second kappa shape index (κ2) is 6.50. The third-order valence-electron chi connectivity index (χ3n) is 3.49. The van der Waals surface area contributed by atoms with E-state index in [4.69, 9.17) is 9.47 Å². The van der Waals surface area contributed by atoms with E-state index in [1.165, 1.54) is 20.1 Å². The molecule has 0 amide bonds. The molecule has 1 aliphatic heterocycles. The Balaban J connectivity index is 2.03. The Hall–Kier alpha value is -1.20. The molecule has 2 unspecified atom stereocenters. The number of ether oxygens (including phenoxy) is 2. The molecule has 0 bridgehead atoms. The van der Waals surface area contributed by atoms with Gasteiger partial charge in [-0.05, 0) is 25.0 Å². The number of hydrogen-bond donors (Lipinski definition) is 1. The van der Waals surface area contributed by atoms with Gasteiger partial charge in [-0.3, -0.25) is 0 Å². The van der Waals surface area contributed by atoms with Gasteiger partial charge in [0, 0.05) is 19.0 Å². The van der Waals surface area contributed by atoms with Crippen LogP contribution in [-0.4, -0.2) is 38.6 Å². The minimum Gasteiger partial charge on any atom is -0.494 e. The quantitative estimate of drug-likeness (QED) is 0.901. The maximum atomic E-state index is 14.7. The molecule has 2 atom stereocenters. The highest BCUT2D eigenvalue weighted by molar-refractivity contribution is 5.32. The molecule has 1 saturated heterocycles. The zero-order chi connectivity index (χ0) is 14.6. The maximum absolute atomic E-state index is 14.7. The fourth-order valence-electron chi connectivity index (χ4n) is 2.58. The molecule has 1 aromatic rings. The average Bonchev–Trinajstić information content (AvgIpc) is 2.41. The zero-order valence-electron chi connectivity index (χ0n) is 11.9. The average molecular weight is 285 g/mol. The van der Waals surface area contributed by atoms with Crippen LogP contribution in [0.5, 0.6) is 5.75 Å². The molecule has 0 aliphatic carbocycles. The second-order valence-corrected chi connectivity index (χ2v) is 5.45. The Bertz CT molecular complexity index is 445. The maximum Gasteiger partial charge on any atom is 0.168 e. The van der Waals surface area contributed by atoms with Gasteiger partial charge in [0.25, 0.3) is 0 Å². The van der Waals surface area contributed by atoms with Crippen molar-refractivity contribution in [1.29, 1.82) is 0 Å². The molecule has 0 aromatic heterocycles. The second-order valence-electron chi connectivity index (χ2n) is 5.45. The molecule has 5 heteroatoms. The summed E-state index contributed by atoms with van der Waals surface area (Å²) < 4.78 is 39.0. The van der Waals surface area contributed by atoms with Crippen LogP contribution in [0, 0.1) is 5.82 Å². The normalized spacial score (nSPS) is 22.3. The van der Waals surface area contributed by atoms with Crippen molar-refractivity contribution in [1.82, 2.24) is 5.32 Å². The van der Waals surface area contributed by atoms with Gasteiger partial charge in [-0.2, -0.15) is 0 Å². The van der Waals surface area contributed by atoms with Crippen LogP contribution in [0.25, 0.3) is 0 Å². The van der Waals surface area contributed by atoms with Gasteiger partial charge in [0.1, 0.15) is 5.67 Å². The Morgan fingerprint density at radius 2 is 2.30 bits per heavy atom. The van der Waals surface area contributed by atoms with Gasteiger partial charge in [0.2, 0.25) is 0 Å². The summed E-state index contributed by atoms with van der Waals surface area (Å²) in [5, 5.41) is 3.21. The Labute approximate surface area is 118 Å². The summed E-state index contributed by atoms with van der Waals surface area (Å²) in [6.45, 7) is 3.39. The van der Waals surface area contributed by atoms with E-state index in [-0.39, 0.29) is 18.2 Å². The van der Waals surface area contributed by atoms with Crippen LogP contribution in [0.3, 0.4) is 0 Å². The predicted octanol–water partition coefficient (Wildman–Crippen LogP) is 2.48. The van der Waals surface area contributed by atoms with Crippen molar-refractivity contribution in [2.24, 2.45) is 0 Å². The molecule has 0 saturated carbocycles. The minimum absolute atomic E-state index is 0.0209. The number of morpholine rings is 1. The summed E-state index contributed by atoms with van der Waals surface area (Å²) in [5.74, 6) is -0.329. The fraction of sp³-hybridized carbons (Fsp3) is 0.600. The first kappa shape index (κ1) is 15.2. The number of methoxy groups -OCH3 is 1. The van der Waals surface area contributed by atoms with Crippen molar-refractivity contribution >= 4 is 0 Å². The lowest BCUT2D eigenvalue weighted by Gasteiger charge is -2.30. The largest absolute Gasteiger partial charge is 0.494 e. The van der Waals surface area contributed by atoms with E-state index in [1.54, 1.807) is 12.1 Å². The van der Waals surface area contributed by atoms with E-state index in [1.807, 2.05) is 0 Å². The number of halogens is 2. The standard InChI is InChI=1S/C15H21F2NO2/c1-15(17,9-12-10-20-7-6-18-12)8-11-4-3-5-13(19-2)14(11)16/h3-5,12,18H,6-10H2,1-2H3. The first-order chi connectivity index (χ1) is 9.52. The number of alkyl halides is 1. The van der Waals surface area contributed by atoms with Crippen LogP contribution in [0.1, 0.15) is 18.9 Å². The van der Waals surface area contributed by atoms with Crippen LogP contribution in [0.15, 0.2) is 18.2 Å². The van der Waals surface area contributed by atoms with E-state index in [2.05, 4.69) is 5.32 Å². The van der Waals surface area contributed by atoms with Crippen molar-refractivity contribution in [2.75, 3.05) is 26.9 Å². The molecule has 0 spiro atoms. The molecule has 112 valence electrons. The van der Waals surface area contributed by atoms with E-state index in [0.29, 0.717) is 25.2 Å². The van der Waals surface area contributed by atoms with Gasteiger partial charge in [0.05, 0.1) is 20.3 Å². The van der Waals surface area contributed by atoms with Gasteiger partial charge < -0.3 is 14.8 Å². The Morgan fingerprint density at radius 1 is 1.50 bits per heavy atom. The molecule has 1 aliphatic rings. The monoisotopic (exact) mass is 285 g/mol. The number of rotatable bonds is 5. The number of hydrogen-bond acceptors (Lipinski definition) is 3. The molecule has 3 nitrogen and oxygen atoms in total. The molecule has 0 radical (unpaired) electrons. The lowest BCUT2D eigenvalue weighted by molar-refractivity contribution is 0.0481. The minimum atomic E-state index is -1.49. The van der Waals surface area contributed by atoms with E-state index in [9.17, 15) is 8.78 Å². The predicted molar refractivity (Wildman–Crippen MR) is 73.4 cm³/mol. The highest BCUT2D eigenvalue weighted by Crippen LogP contribution is 2.28. The van der Waals surface area contributed by atoms with Crippen LogP contribution >= 0.6 is 0 Å². The smallest absolute Gasteiger partial charge is 0.168 e. The van der Waals surface area contributed by atoms with Gasteiger partial charge >= 0.3 is 0 Å². The molecule has 1 N–H and O–H groups in total. The van der Waals surface area contributed by atoms with Crippen LogP contribution in [0.2, 0.25) is 0 Å². The van der Waals surface area contributed by atoms with Crippen molar-refractivity contribution in [3.63, 3.8) is 0 Å². The molecule has 1 heterocycles. The van der Waals surface area contributed by atoms with Crippen LogP contribution in [-0.2, 0) is 11.2 Å². The molecule has 1 aromatic carbocycles. The lowest BCUT2D eigenvalue weighted by Crippen LogP contribution is -2.45. The van der Waals surface area contributed by atoms with Crippen LogP contribution in [0.4, 0.5) is 8.78 Å². The first-order valence-corrected chi connectivity index (χ1v) is 6.83. The summed E-state index contributed by atoms with van der Waals surface area (Å²) in [7, 11) is 1.40. The fourth-order valence-corrected chi connectivity index (χ4v) is 2.58. The van der Waals surface area contributed by atoms with Crippen LogP contribution < -0.4 is 10.1 Å². The SMILES string of the molecule is COc1cccc(CC(C)(F)CC2COCCN2)c1F. The molecular formula is C15H21F2NO2. The van der Waals surface area contributed by atoms with Gasteiger partial charge in [-0.25, -0.2) is 8.78 Å². The first-order valence-electron chi connectivity index (χ1n) is 6.83. The lowest BCUT2D eigenvalue weighted by atomic mass is 9.91. The van der Waals surface area contributed by atoms with Crippen molar-refractivity contribution in [2.45, 2.75) is 31.5 Å². The summed E-state index contributed by atoms with van der Waals surface area (Å²) in [5.41, 5.74) is -1.16.